The molecule has 0 heterocycles. The van der Waals surface area contributed by atoms with Gasteiger partial charge in [0.1, 0.15) is 11.6 Å². The van der Waals surface area contributed by atoms with Crippen LogP contribution in [0.5, 0.6) is 0 Å². The first-order valence-electron chi connectivity index (χ1n) is 6.74. The van der Waals surface area contributed by atoms with Crippen molar-refractivity contribution in [1.82, 2.24) is 5.32 Å². The highest BCUT2D eigenvalue weighted by Gasteiger charge is 2.26. The van der Waals surface area contributed by atoms with Crippen LogP contribution in [0.1, 0.15) is 47.5 Å². The molecule has 4 nitrogen and oxygen atoms in total. The van der Waals surface area contributed by atoms with Gasteiger partial charge in [0, 0.05) is 5.92 Å². The Morgan fingerprint density at radius 3 is 2.26 bits per heavy atom. The molecule has 1 rings (SSSR count). The molecular formula is C15H23NO3. The van der Waals surface area contributed by atoms with E-state index < -0.39 is 17.7 Å². The summed E-state index contributed by atoms with van der Waals surface area (Å²) in [6.45, 7) is 9.10. The van der Waals surface area contributed by atoms with Crippen LogP contribution in [0.15, 0.2) is 0 Å². The first-order chi connectivity index (χ1) is 8.69. The highest BCUT2D eigenvalue weighted by molar-refractivity contribution is 6.01. The second-order valence-corrected chi connectivity index (χ2v) is 6.28. The van der Waals surface area contributed by atoms with Gasteiger partial charge in [0.2, 0.25) is 5.78 Å². The number of alkyl carbamates (subject to hydrolysis) is 1. The molecule has 0 saturated heterocycles. The van der Waals surface area contributed by atoms with E-state index in [2.05, 4.69) is 17.2 Å². The van der Waals surface area contributed by atoms with Gasteiger partial charge in [-0.05, 0) is 45.5 Å². The molecular weight excluding hydrogens is 242 g/mol. The first-order valence-corrected chi connectivity index (χ1v) is 6.74. The van der Waals surface area contributed by atoms with E-state index in [-0.39, 0.29) is 11.7 Å². The summed E-state index contributed by atoms with van der Waals surface area (Å²) in [6, 6.07) is -0.610. The highest BCUT2D eigenvalue weighted by atomic mass is 16.6. The van der Waals surface area contributed by atoms with Gasteiger partial charge in [-0.15, -0.1) is 0 Å². The number of hydrogen-bond donors (Lipinski definition) is 1. The number of ketones is 1. The second-order valence-electron chi connectivity index (χ2n) is 6.28. The van der Waals surface area contributed by atoms with Crippen molar-refractivity contribution >= 4 is 11.9 Å². The predicted octanol–water partition coefficient (Wildman–Crippen LogP) is 2.52. The number of Topliss-reactive ketones (excluding diaryl/α,β-unsaturated/α-hetero) is 1. The Morgan fingerprint density at radius 2 is 1.84 bits per heavy atom. The Morgan fingerprint density at radius 1 is 1.26 bits per heavy atom. The van der Waals surface area contributed by atoms with E-state index >= 15 is 0 Å². The highest BCUT2D eigenvalue weighted by Crippen LogP contribution is 2.27. The molecule has 1 aliphatic rings. The lowest BCUT2D eigenvalue weighted by atomic mass is 10.0. The number of carbonyl (C=O) groups is 2. The van der Waals surface area contributed by atoms with Crippen molar-refractivity contribution in [2.75, 3.05) is 0 Å². The summed E-state index contributed by atoms with van der Waals surface area (Å²) in [7, 11) is 0. The first kappa shape index (κ1) is 15.6. The van der Waals surface area contributed by atoms with Gasteiger partial charge in [0.15, 0.2) is 0 Å². The number of nitrogens with one attached hydrogen (secondary N) is 1. The van der Waals surface area contributed by atoms with Crippen LogP contribution in [0.3, 0.4) is 0 Å². The quantitative estimate of drug-likeness (QED) is 0.630. The molecule has 1 aliphatic carbocycles. The zero-order chi connectivity index (χ0) is 14.6. The fraction of sp³-hybridized carbons (Fsp3) is 0.733. The summed E-state index contributed by atoms with van der Waals surface area (Å²) in [6.07, 6.45) is 1.57. The van der Waals surface area contributed by atoms with Crippen LogP contribution in [0.25, 0.3) is 0 Å². The lowest BCUT2D eigenvalue weighted by Crippen LogP contribution is -2.46. The SMILES string of the molecule is CC(C)C(NC(=O)OC(C)(C)C)C(=O)C#CC1CC1. The molecule has 1 atom stereocenters. The van der Waals surface area contributed by atoms with Crippen LogP contribution >= 0.6 is 0 Å². The van der Waals surface area contributed by atoms with E-state index in [0.29, 0.717) is 5.92 Å². The monoisotopic (exact) mass is 265 g/mol. The molecule has 1 fully saturated rings. The zero-order valence-electron chi connectivity index (χ0n) is 12.4. The van der Waals surface area contributed by atoms with Gasteiger partial charge in [-0.3, -0.25) is 4.79 Å². The third kappa shape index (κ3) is 6.28. The van der Waals surface area contributed by atoms with Crippen molar-refractivity contribution in [2.45, 2.75) is 59.1 Å². The molecule has 19 heavy (non-hydrogen) atoms. The minimum Gasteiger partial charge on any atom is -0.444 e. The number of ether oxygens (including phenoxy) is 1. The molecule has 106 valence electrons. The molecule has 0 radical (unpaired) electrons. The summed E-state index contributed by atoms with van der Waals surface area (Å²) in [5.74, 6) is 5.67. The molecule has 0 aromatic carbocycles. The third-order valence-corrected chi connectivity index (χ3v) is 2.60. The van der Waals surface area contributed by atoms with Crippen molar-refractivity contribution in [3.63, 3.8) is 0 Å². The van der Waals surface area contributed by atoms with Gasteiger partial charge in [0.25, 0.3) is 0 Å². The molecule has 0 aliphatic heterocycles. The molecule has 1 unspecified atom stereocenters. The molecule has 0 aromatic rings. The molecule has 0 aromatic heterocycles. The zero-order valence-corrected chi connectivity index (χ0v) is 12.4. The fourth-order valence-electron chi connectivity index (χ4n) is 1.45. The maximum absolute atomic E-state index is 12.0. The van der Waals surface area contributed by atoms with Gasteiger partial charge in [-0.2, -0.15) is 0 Å². The molecule has 0 spiro atoms. The standard InChI is InChI=1S/C15H23NO3/c1-10(2)13(12(17)9-8-11-6-7-11)16-14(18)19-15(3,4)5/h10-11,13H,6-7H2,1-5H3,(H,16,18). The lowest BCUT2D eigenvalue weighted by molar-refractivity contribution is -0.116. The lowest BCUT2D eigenvalue weighted by Gasteiger charge is -2.23. The van der Waals surface area contributed by atoms with Crippen molar-refractivity contribution in [3.8, 4) is 11.8 Å². The largest absolute Gasteiger partial charge is 0.444 e. The minimum absolute atomic E-state index is 0.0199. The molecule has 1 saturated carbocycles. The average molecular weight is 265 g/mol. The second kappa shape index (κ2) is 6.10. The summed E-state index contributed by atoms with van der Waals surface area (Å²) >= 11 is 0. The van der Waals surface area contributed by atoms with Crippen LogP contribution in [-0.2, 0) is 9.53 Å². The summed E-state index contributed by atoms with van der Waals surface area (Å²) in [5.41, 5.74) is -0.575. The van der Waals surface area contributed by atoms with Crippen LogP contribution in [0, 0.1) is 23.7 Å². The van der Waals surface area contributed by atoms with E-state index in [0.717, 1.165) is 12.8 Å². The van der Waals surface area contributed by atoms with E-state index in [1.54, 1.807) is 20.8 Å². The van der Waals surface area contributed by atoms with Crippen LogP contribution in [-0.4, -0.2) is 23.5 Å². The summed E-state index contributed by atoms with van der Waals surface area (Å²) < 4.78 is 5.16. The van der Waals surface area contributed by atoms with Crippen molar-refractivity contribution in [1.29, 1.82) is 0 Å². The third-order valence-electron chi connectivity index (χ3n) is 2.60. The van der Waals surface area contributed by atoms with Gasteiger partial charge < -0.3 is 10.1 Å². The maximum Gasteiger partial charge on any atom is 0.408 e. The Hall–Kier alpha value is -1.50. The number of rotatable bonds is 3. The fourth-order valence-corrected chi connectivity index (χ4v) is 1.45. The Labute approximate surface area is 115 Å². The number of carbonyl (C=O) groups excluding carboxylic acids is 2. The molecule has 1 amide bonds. The van der Waals surface area contributed by atoms with Crippen molar-refractivity contribution in [3.05, 3.63) is 0 Å². The van der Waals surface area contributed by atoms with Gasteiger partial charge in [-0.1, -0.05) is 19.8 Å². The van der Waals surface area contributed by atoms with Crippen molar-refractivity contribution in [2.24, 2.45) is 11.8 Å². The van der Waals surface area contributed by atoms with E-state index in [1.165, 1.54) is 0 Å². The molecule has 1 N–H and O–H groups in total. The van der Waals surface area contributed by atoms with E-state index in [9.17, 15) is 9.59 Å². The summed E-state index contributed by atoms with van der Waals surface area (Å²) in [5, 5.41) is 2.60. The van der Waals surface area contributed by atoms with E-state index in [4.69, 9.17) is 4.74 Å². The van der Waals surface area contributed by atoms with E-state index in [1.807, 2.05) is 13.8 Å². The molecule has 0 bridgehead atoms. The molecule has 4 heteroatoms. The summed E-state index contributed by atoms with van der Waals surface area (Å²) in [4.78, 5) is 23.7. The number of amides is 1. The number of hydrogen-bond acceptors (Lipinski definition) is 3. The van der Waals surface area contributed by atoms with Crippen molar-refractivity contribution < 1.29 is 14.3 Å². The topological polar surface area (TPSA) is 55.4 Å². The average Bonchev–Trinajstić information content (AvgIpc) is 3.03. The Balaban J connectivity index is 2.60. The van der Waals surface area contributed by atoms with Crippen LogP contribution in [0.2, 0.25) is 0 Å². The Bertz CT molecular complexity index is 405. The van der Waals surface area contributed by atoms with Gasteiger partial charge in [-0.25, -0.2) is 4.79 Å². The smallest absolute Gasteiger partial charge is 0.408 e. The minimum atomic E-state index is -0.610. The van der Waals surface area contributed by atoms with Gasteiger partial charge in [0.05, 0.1) is 0 Å². The van der Waals surface area contributed by atoms with Gasteiger partial charge >= 0.3 is 6.09 Å². The Kier molecular flexibility index (Phi) is 4.99. The maximum atomic E-state index is 12.0. The van der Waals surface area contributed by atoms with Crippen LogP contribution < -0.4 is 5.32 Å². The van der Waals surface area contributed by atoms with Crippen LogP contribution in [0.4, 0.5) is 4.79 Å². The normalized spacial score (nSPS) is 16.3. The predicted molar refractivity (Wildman–Crippen MR) is 73.5 cm³/mol.